The summed E-state index contributed by atoms with van der Waals surface area (Å²) in [6.07, 6.45) is 1.74. The molecule has 3 rings (SSSR count). The van der Waals surface area contributed by atoms with Gasteiger partial charge in [0.25, 0.3) is 5.91 Å². The van der Waals surface area contributed by atoms with E-state index in [-0.39, 0.29) is 42.8 Å². The molecule has 1 atom stereocenters. The summed E-state index contributed by atoms with van der Waals surface area (Å²) in [4.78, 5) is 45.0. The van der Waals surface area contributed by atoms with Crippen LogP contribution in [0, 0.1) is 19.8 Å². The SMILES string of the molecule is CC(=O)N1CCN(C(=O)c2cc(CSc3cnc(NC(=O)CNC(CO)C(C)C)s3)cc(C)c2C)CC1. The van der Waals surface area contributed by atoms with Crippen LogP contribution in [0.1, 0.15) is 47.8 Å². The summed E-state index contributed by atoms with van der Waals surface area (Å²) in [5.74, 6) is 0.740. The number of piperazine rings is 1. The number of rotatable bonds is 10. The maximum atomic E-state index is 13.3. The molecule has 37 heavy (non-hydrogen) atoms. The third-order valence-electron chi connectivity index (χ3n) is 6.61. The summed E-state index contributed by atoms with van der Waals surface area (Å²) in [7, 11) is 0. The van der Waals surface area contributed by atoms with Crippen molar-refractivity contribution in [2.75, 3.05) is 44.6 Å². The van der Waals surface area contributed by atoms with Crippen molar-refractivity contribution in [3.05, 3.63) is 40.6 Å². The predicted octanol–water partition coefficient (Wildman–Crippen LogP) is 2.90. The Hall–Kier alpha value is -2.47. The van der Waals surface area contributed by atoms with Crippen molar-refractivity contribution in [2.45, 2.75) is 50.6 Å². The molecule has 1 aromatic carbocycles. The normalized spacial score (nSPS) is 14.7. The maximum Gasteiger partial charge on any atom is 0.254 e. The van der Waals surface area contributed by atoms with Gasteiger partial charge in [-0.2, -0.15) is 0 Å². The first-order chi connectivity index (χ1) is 17.6. The Morgan fingerprint density at radius 2 is 1.81 bits per heavy atom. The van der Waals surface area contributed by atoms with Gasteiger partial charge in [-0.25, -0.2) is 4.98 Å². The maximum absolute atomic E-state index is 13.3. The van der Waals surface area contributed by atoms with Gasteiger partial charge >= 0.3 is 0 Å². The number of carbonyl (C=O) groups excluding carboxylic acids is 3. The number of thiazole rings is 1. The van der Waals surface area contributed by atoms with Crippen LogP contribution in [-0.4, -0.2) is 83.0 Å². The number of aryl methyl sites for hydroxylation is 1. The van der Waals surface area contributed by atoms with E-state index in [1.165, 1.54) is 11.3 Å². The second kappa shape index (κ2) is 13.4. The lowest BCUT2D eigenvalue weighted by atomic mass is 9.99. The number of aromatic nitrogens is 1. The number of amides is 3. The minimum absolute atomic E-state index is 0.00737. The molecular formula is C26H37N5O4S2. The molecule has 2 aromatic rings. The first-order valence-electron chi connectivity index (χ1n) is 12.5. The Labute approximate surface area is 227 Å². The molecule has 11 heteroatoms. The topological polar surface area (TPSA) is 115 Å². The van der Waals surface area contributed by atoms with Crippen molar-refractivity contribution in [3.63, 3.8) is 0 Å². The van der Waals surface area contributed by atoms with Crippen LogP contribution in [0.15, 0.2) is 22.5 Å². The minimum atomic E-state index is -0.202. The molecule has 0 spiro atoms. The van der Waals surface area contributed by atoms with Gasteiger partial charge < -0.3 is 25.5 Å². The van der Waals surface area contributed by atoms with E-state index in [9.17, 15) is 19.5 Å². The zero-order valence-corrected chi connectivity index (χ0v) is 23.8. The van der Waals surface area contributed by atoms with Crippen LogP contribution < -0.4 is 10.6 Å². The summed E-state index contributed by atoms with van der Waals surface area (Å²) < 4.78 is 0.963. The van der Waals surface area contributed by atoms with Crippen LogP contribution in [0.5, 0.6) is 0 Å². The van der Waals surface area contributed by atoms with Crippen molar-refractivity contribution >= 4 is 46.0 Å². The standard InChI is InChI=1S/C26H37N5O4S2/c1-16(2)22(14-32)27-12-23(34)29-26-28-13-24(37-26)36-15-20-10-17(3)18(4)21(11-20)25(35)31-8-6-30(7-9-31)19(5)33/h10-11,13,16,22,27,32H,6-9,12,14-15H2,1-5H3,(H,28,29,34). The number of thioether (sulfide) groups is 1. The van der Waals surface area contributed by atoms with Crippen LogP contribution in [0.25, 0.3) is 0 Å². The van der Waals surface area contributed by atoms with E-state index in [1.807, 2.05) is 38.7 Å². The molecule has 1 aromatic heterocycles. The zero-order valence-electron chi connectivity index (χ0n) is 22.2. The molecule has 0 radical (unpaired) electrons. The largest absolute Gasteiger partial charge is 0.395 e. The summed E-state index contributed by atoms with van der Waals surface area (Å²) in [6.45, 7) is 11.8. The molecule has 202 valence electrons. The van der Waals surface area contributed by atoms with E-state index in [2.05, 4.69) is 21.7 Å². The molecule has 1 saturated heterocycles. The molecule has 0 saturated carbocycles. The fourth-order valence-electron chi connectivity index (χ4n) is 4.07. The minimum Gasteiger partial charge on any atom is -0.395 e. The average molecular weight is 548 g/mol. The second-order valence-electron chi connectivity index (χ2n) is 9.62. The summed E-state index contributed by atoms with van der Waals surface area (Å²) in [5, 5.41) is 15.8. The highest BCUT2D eigenvalue weighted by molar-refractivity contribution is 8.00. The number of nitrogens with zero attached hydrogens (tertiary/aromatic N) is 3. The monoisotopic (exact) mass is 547 g/mol. The summed E-state index contributed by atoms with van der Waals surface area (Å²) in [5.41, 5.74) is 3.80. The van der Waals surface area contributed by atoms with Gasteiger partial charge in [-0.05, 0) is 42.5 Å². The van der Waals surface area contributed by atoms with Crippen molar-refractivity contribution in [1.29, 1.82) is 0 Å². The van der Waals surface area contributed by atoms with E-state index >= 15 is 0 Å². The highest BCUT2D eigenvalue weighted by atomic mass is 32.2. The molecule has 2 heterocycles. The van der Waals surface area contributed by atoms with Gasteiger partial charge in [-0.15, -0.1) is 11.8 Å². The number of carbonyl (C=O) groups is 3. The Balaban J connectivity index is 1.57. The summed E-state index contributed by atoms with van der Waals surface area (Å²) >= 11 is 3.01. The zero-order chi connectivity index (χ0) is 27.1. The van der Waals surface area contributed by atoms with Gasteiger partial charge in [-0.3, -0.25) is 14.4 Å². The lowest BCUT2D eigenvalue weighted by molar-refractivity contribution is -0.130. The van der Waals surface area contributed by atoms with E-state index in [0.29, 0.717) is 42.6 Å². The van der Waals surface area contributed by atoms with Crippen molar-refractivity contribution in [2.24, 2.45) is 5.92 Å². The number of anilines is 1. The molecule has 0 bridgehead atoms. The van der Waals surface area contributed by atoms with Crippen LogP contribution in [0.4, 0.5) is 5.13 Å². The fourth-order valence-corrected chi connectivity index (χ4v) is 5.89. The van der Waals surface area contributed by atoms with Crippen LogP contribution in [0.2, 0.25) is 0 Å². The van der Waals surface area contributed by atoms with Gasteiger partial charge in [0, 0.05) is 50.5 Å². The number of nitrogens with one attached hydrogen (secondary N) is 2. The van der Waals surface area contributed by atoms with E-state index in [0.717, 1.165) is 20.9 Å². The number of hydrogen-bond acceptors (Lipinski definition) is 8. The third-order valence-corrected chi connectivity index (χ3v) is 8.79. The Kier molecular flexibility index (Phi) is 10.5. The molecule has 3 N–H and O–H groups in total. The number of benzene rings is 1. The van der Waals surface area contributed by atoms with E-state index in [4.69, 9.17) is 0 Å². The van der Waals surface area contributed by atoms with Crippen LogP contribution >= 0.6 is 23.1 Å². The van der Waals surface area contributed by atoms with Crippen molar-refractivity contribution < 1.29 is 19.5 Å². The fraction of sp³-hybridized carbons (Fsp3) is 0.538. The van der Waals surface area contributed by atoms with Crippen LogP contribution in [-0.2, 0) is 15.3 Å². The van der Waals surface area contributed by atoms with Crippen LogP contribution in [0.3, 0.4) is 0 Å². The van der Waals surface area contributed by atoms with Gasteiger partial charge in [0.2, 0.25) is 11.8 Å². The van der Waals surface area contributed by atoms with E-state index in [1.54, 1.807) is 29.8 Å². The van der Waals surface area contributed by atoms with Crippen molar-refractivity contribution in [1.82, 2.24) is 20.1 Å². The molecule has 1 fully saturated rings. The number of hydrogen-bond donors (Lipinski definition) is 3. The number of aliphatic hydroxyl groups is 1. The second-order valence-corrected chi connectivity index (χ2v) is 11.9. The lowest BCUT2D eigenvalue weighted by Crippen LogP contribution is -2.50. The quantitative estimate of drug-likeness (QED) is 0.392. The van der Waals surface area contributed by atoms with Gasteiger partial charge in [-0.1, -0.05) is 31.3 Å². The average Bonchev–Trinajstić information content (AvgIpc) is 3.31. The first kappa shape index (κ1) is 29.1. The molecule has 1 aliphatic heterocycles. The Morgan fingerprint density at radius 3 is 2.43 bits per heavy atom. The lowest BCUT2D eigenvalue weighted by Gasteiger charge is -2.34. The summed E-state index contributed by atoms with van der Waals surface area (Å²) in [6, 6.07) is 3.94. The van der Waals surface area contributed by atoms with Gasteiger partial charge in [0.1, 0.15) is 0 Å². The molecule has 9 nitrogen and oxygen atoms in total. The molecule has 1 unspecified atom stereocenters. The highest BCUT2D eigenvalue weighted by Crippen LogP contribution is 2.32. The molecular weight excluding hydrogens is 510 g/mol. The third kappa shape index (κ3) is 8.00. The predicted molar refractivity (Wildman–Crippen MR) is 148 cm³/mol. The Morgan fingerprint density at radius 1 is 1.14 bits per heavy atom. The van der Waals surface area contributed by atoms with Gasteiger partial charge in [0.15, 0.2) is 5.13 Å². The smallest absolute Gasteiger partial charge is 0.254 e. The first-order valence-corrected chi connectivity index (χ1v) is 14.3. The molecule has 3 amide bonds. The molecule has 1 aliphatic rings. The van der Waals surface area contributed by atoms with E-state index < -0.39 is 0 Å². The molecule has 0 aliphatic carbocycles. The highest BCUT2D eigenvalue weighted by Gasteiger charge is 2.25. The Bertz CT molecular complexity index is 1110. The van der Waals surface area contributed by atoms with Crippen molar-refractivity contribution in [3.8, 4) is 0 Å². The van der Waals surface area contributed by atoms with Gasteiger partial charge in [0.05, 0.1) is 23.6 Å². The number of aliphatic hydroxyl groups excluding tert-OH is 1.